The summed E-state index contributed by atoms with van der Waals surface area (Å²) in [5, 5.41) is 5.57. The standard InChI is InChI=1S/C20H16ClN3O4/c21-15-3-1-2-4-16(15)24-19(27)13-8-5-11(9-14(13)20(24)28)18(26)22-10-17(25)23-12-6-7-12/h1-5,8-9,12H,6-7,10H2,(H,22,26)(H,23,25). The molecule has 4 amide bonds. The van der Waals surface area contributed by atoms with Gasteiger partial charge in [-0.2, -0.15) is 0 Å². The van der Waals surface area contributed by atoms with Crippen LogP contribution in [0.3, 0.4) is 0 Å². The number of hydrogen-bond acceptors (Lipinski definition) is 4. The molecule has 2 aromatic rings. The number of nitrogens with one attached hydrogen (secondary N) is 2. The second kappa shape index (κ2) is 7.09. The summed E-state index contributed by atoms with van der Waals surface area (Å²) in [6.07, 6.45) is 1.92. The van der Waals surface area contributed by atoms with Gasteiger partial charge in [0.25, 0.3) is 17.7 Å². The predicted octanol–water partition coefficient (Wildman–Crippen LogP) is 2.15. The van der Waals surface area contributed by atoms with E-state index in [0.717, 1.165) is 17.7 Å². The largest absolute Gasteiger partial charge is 0.352 e. The van der Waals surface area contributed by atoms with Crippen molar-refractivity contribution in [1.82, 2.24) is 10.6 Å². The number of hydrogen-bond donors (Lipinski definition) is 2. The second-order valence-electron chi connectivity index (χ2n) is 6.68. The SMILES string of the molecule is O=C(CNC(=O)c1ccc2c(c1)C(=O)N(c1ccccc1Cl)C2=O)NC1CC1. The van der Waals surface area contributed by atoms with Crippen LogP contribution < -0.4 is 15.5 Å². The molecule has 28 heavy (non-hydrogen) atoms. The fourth-order valence-corrected chi connectivity index (χ4v) is 3.22. The third kappa shape index (κ3) is 3.36. The van der Waals surface area contributed by atoms with Gasteiger partial charge in [-0.1, -0.05) is 23.7 Å². The Morgan fingerprint density at radius 1 is 1.04 bits per heavy atom. The first-order valence-electron chi connectivity index (χ1n) is 8.80. The Hall–Kier alpha value is -3.19. The average molecular weight is 398 g/mol. The minimum atomic E-state index is -0.547. The van der Waals surface area contributed by atoms with E-state index in [9.17, 15) is 19.2 Å². The molecule has 0 atom stereocenters. The quantitative estimate of drug-likeness (QED) is 0.755. The highest BCUT2D eigenvalue weighted by molar-refractivity contribution is 6.39. The fraction of sp³-hybridized carbons (Fsp3) is 0.200. The van der Waals surface area contributed by atoms with Crippen LogP contribution in [-0.4, -0.2) is 36.2 Å². The van der Waals surface area contributed by atoms with Gasteiger partial charge in [-0.05, 0) is 43.2 Å². The molecule has 0 bridgehead atoms. The number of carbonyl (C=O) groups excluding carboxylic acids is 4. The van der Waals surface area contributed by atoms with Crippen molar-refractivity contribution < 1.29 is 19.2 Å². The summed E-state index contributed by atoms with van der Waals surface area (Å²) < 4.78 is 0. The van der Waals surface area contributed by atoms with Crippen LogP contribution in [0.2, 0.25) is 5.02 Å². The zero-order valence-electron chi connectivity index (χ0n) is 14.7. The molecule has 4 rings (SSSR count). The van der Waals surface area contributed by atoms with Crippen LogP contribution in [0.5, 0.6) is 0 Å². The molecule has 2 N–H and O–H groups in total. The van der Waals surface area contributed by atoms with Crippen LogP contribution in [0.25, 0.3) is 0 Å². The highest BCUT2D eigenvalue weighted by Gasteiger charge is 2.38. The molecule has 7 nitrogen and oxygen atoms in total. The number of fused-ring (bicyclic) bond motifs is 1. The first-order valence-corrected chi connectivity index (χ1v) is 9.18. The summed E-state index contributed by atoms with van der Waals surface area (Å²) in [6.45, 7) is -0.148. The van der Waals surface area contributed by atoms with Gasteiger partial charge >= 0.3 is 0 Å². The van der Waals surface area contributed by atoms with E-state index in [2.05, 4.69) is 10.6 Å². The van der Waals surface area contributed by atoms with Gasteiger partial charge in [0.05, 0.1) is 28.4 Å². The Balaban J connectivity index is 1.52. The molecule has 2 aliphatic rings. The van der Waals surface area contributed by atoms with Crippen LogP contribution in [-0.2, 0) is 4.79 Å². The van der Waals surface area contributed by atoms with Gasteiger partial charge in [-0.25, -0.2) is 4.90 Å². The second-order valence-corrected chi connectivity index (χ2v) is 7.09. The number of halogens is 1. The van der Waals surface area contributed by atoms with Crippen LogP contribution in [0.15, 0.2) is 42.5 Å². The summed E-state index contributed by atoms with van der Waals surface area (Å²) >= 11 is 6.12. The van der Waals surface area contributed by atoms with Gasteiger partial charge < -0.3 is 10.6 Å². The molecule has 8 heteroatoms. The maximum Gasteiger partial charge on any atom is 0.266 e. The zero-order valence-corrected chi connectivity index (χ0v) is 15.5. The molecule has 1 heterocycles. The Morgan fingerprint density at radius 3 is 2.46 bits per heavy atom. The molecule has 0 spiro atoms. The molecule has 1 aliphatic carbocycles. The van der Waals surface area contributed by atoms with Crippen molar-refractivity contribution in [1.29, 1.82) is 0 Å². The van der Waals surface area contributed by atoms with Crippen molar-refractivity contribution in [2.24, 2.45) is 0 Å². The van der Waals surface area contributed by atoms with E-state index in [1.807, 2.05) is 0 Å². The van der Waals surface area contributed by atoms with Crippen LogP contribution >= 0.6 is 11.6 Å². The minimum Gasteiger partial charge on any atom is -0.352 e. The molecule has 0 unspecified atom stereocenters. The molecule has 0 aromatic heterocycles. The third-order valence-corrected chi connectivity index (χ3v) is 4.91. The predicted molar refractivity (Wildman–Crippen MR) is 103 cm³/mol. The normalized spacial score (nSPS) is 15.4. The Labute approximate surface area is 165 Å². The summed E-state index contributed by atoms with van der Waals surface area (Å²) in [5.41, 5.74) is 0.811. The third-order valence-electron chi connectivity index (χ3n) is 4.59. The highest BCUT2D eigenvalue weighted by atomic mass is 35.5. The van der Waals surface area contributed by atoms with Crippen molar-refractivity contribution in [3.63, 3.8) is 0 Å². The summed E-state index contributed by atoms with van der Waals surface area (Å²) in [7, 11) is 0. The summed E-state index contributed by atoms with van der Waals surface area (Å²) in [4.78, 5) is 50.5. The molecule has 0 radical (unpaired) electrons. The van der Waals surface area contributed by atoms with Crippen LogP contribution in [0, 0.1) is 0 Å². The van der Waals surface area contributed by atoms with Gasteiger partial charge in [-0.15, -0.1) is 0 Å². The topological polar surface area (TPSA) is 95.6 Å². The van der Waals surface area contributed by atoms with E-state index in [1.54, 1.807) is 24.3 Å². The maximum atomic E-state index is 12.8. The molecule has 0 saturated heterocycles. The lowest BCUT2D eigenvalue weighted by Gasteiger charge is -2.15. The van der Waals surface area contributed by atoms with E-state index in [4.69, 9.17) is 11.6 Å². The van der Waals surface area contributed by atoms with Crippen molar-refractivity contribution in [3.8, 4) is 0 Å². The highest BCUT2D eigenvalue weighted by Crippen LogP contribution is 2.33. The summed E-state index contributed by atoms with van der Waals surface area (Å²) in [6, 6.07) is 11.0. The summed E-state index contributed by atoms with van der Waals surface area (Å²) in [5.74, 6) is -1.79. The fourth-order valence-electron chi connectivity index (χ4n) is 3.00. The van der Waals surface area contributed by atoms with Crippen LogP contribution in [0.1, 0.15) is 43.9 Å². The first-order chi connectivity index (χ1) is 13.5. The Morgan fingerprint density at radius 2 is 1.75 bits per heavy atom. The monoisotopic (exact) mass is 397 g/mol. The smallest absolute Gasteiger partial charge is 0.266 e. The molecule has 1 aliphatic heterocycles. The maximum absolute atomic E-state index is 12.8. The van der Waals surface area contributed by atoms with Gasteiger partial charge in [0, 0.05) is 11.6 Å². The van der Waals surface area contributed by atoms with Crippen molar-refractivity contribution >= 4 is 40.9 Å². The van der Waals surface area contributed by atoms with E-state index in [-0.39, 0.29) is 45.9 Å². The lowest BCUT2D eigenvalue weighted by Crippen LogP contribution is -2.37. The van der Waals surface area contributed by atoms with Crippen molar-refractivity contribution in [2.75, 3.05) is 11.4 Å². The zero-order chi connectivity index (χ0) is 19.8. The molecule has 142 valence electrons. The van der Waals surface area contributed by atoms with E-state index >= 15 is 0 Å². The lowest BCUT2D eigenvalue weighted by molar-refractivity contribution is -0.120. The lowest BCUT2D eigenvalue weighted by atomic mass is 10.1. The Kier molecular flexibility index (Phi) is 4.60. The number of benzene rings is 2. The molecular weight excluding hydrogens is 382 g/mol. The van der Waals surface area contributed by atoms with Gasteiger partial charge in [0.1, 0.15) is 0 Å². The molecular formula is C20H16ClN3O4. The Bertz CT molecular complexity index is 1020. The number of nitrogens with zero attached hydrogens (tertiary/aromatic N) is 1. The van der Waals surface area contributed by atoms with Crippen molar-refractivity contribution in [3.05, 3.63) is 64.2 Å². The number of imide groups is 1. The van der Waals surface area contributed by atoms with Gasteiger partial charge in [-0.3, -0.25) is 19.2 Å². The van der Waals surface area contributed by atoms with Crippen LogP contribution in [0.4, 0.5) is 5.69 Å². The average Bonchev–Trinajstić information content (AvgIpc) is 3.46. The first kappa shape index (κ1) is 18.2. The number of amides is 4. The number of carbonyl (C=O) groups is 4. The van der Waals surface area contributed by atoms with Gasteiger partial charge in [0.15, 0.2) is 0 Å². The molecule has 1 fully saturated rings. The number of anilines is 1. The van der Waals surface area contributed by atoms with E-state index in [0.29, 0.717) is 0 Å². The molecule has 2 aromatic carbocycles. The minimum absolute atomic E-state index is 0.125. The number of rotatable bonds is 5. The molecule has 1 saturated carbocycles. The van der Waals surface area contributed by atoms with E-state index in [1.165, 1.54) is 18.2 Å². The van der Waals surface area contributed by atoms with E-state index < -0.39 is 17.7 Å². The van der Waals surface area contributed by atoms with Crippen molar-refractivity contribution in [2.45, 2.75) is 18.9 Å². The number of para-hydroxylation sites is 1. The van der Waals surface area contributed by atoms with Gasteiger partial charge in [0.2, 0.25) is 5.91 Å².